The topological polar surface area (TPSA) is 89.9 Å². The van der Waals surface area contributed by atoms with Gasteiger partial charge < -0.3 is 20.4 Å². The van der Waals surface area contributed by atoms with Crippen LogP contribution < -0.4 is 5.32 Å². The van der Waals surface area contributed by atoms with Crippen molar-refractivity contribution < 1.29 is 19.8 Å². The second kappa shape index (κ2) is 9.69. The zero-order chi connectivity index (χ0) is 20.8. The molecule has 0 bridgehead atoms. The van der Waals surface area contributed by atoms with Crippen LogP contribution in [0.5, 0.6) is 0 Å². The predicted octanol–water partition coefficient (Wildman–Crippen LogP) is 2.73. The Labute approximate surface area is 174 Å². The highest BCUT2D eigenvalue weighted by molar-refractivity contribution is 6.46. The third-order valence-electron chi connectivity index (χ3n) is 4.81. The van der Waals surface area contributed by atoms with E-state index in [2.05, 4.69) is 5.32 Å². The first-order valence-electron chi connectivity index (χ1n) is 9.45. The number of ketones is 1. The molecule has 1 aliphatic heterocycles. The fourth-order valence-electron chi connectivity index (χ4n) is 3.43. The number of aliphatic hydroxyl groups excluding tert-OH is 2. The summed E-state index contributed by atoms with van der Waals surface area (Å²) in [4.78, 5) is 27.1. The molecule has 0 radical (unpaired) electrons. The Bertz CT molecular complexity index is 897. The second-order valence-electron chi connectivity index (χ2n) is 6.74. The summed E-state index contributed by atoms with van der Waals surface area (Å²) in [5, 5.41) is 23.3. The molecule has 29 heavy (non-hydrogen) atoms. The number of carbonyl (C=O) groups is 2. The molecule has 1 atom stereocenters. The van der Waals surface area contributed by atoms with Gasteiger partial charge in [-0.05, 0) is 30.7 Å². The molecule has 3 rings (SSSR count). The fraction of sp³-hybridized carbons (Fsp3) is 0.273. The molecule has 7 heteroatoms. The van der Waals surface area contributed by atoms with Crippen molar-refractivity contribution in [3.05, 3.63) is 76.3 Å². The van der Waals surface area contributed by atoms with E-state index in [4.69, 9.17) is 16.7 Å². The highest BCUT2D eigenvalue weighted by Gasteiger charge is 2.45. The van der Waals surface area contributed by atoms with E-state index >= 15 is 0 Å². The summed E-state index contributed by atoms with van der Waals surface area (Å²) >= 11 is 6.00. The highest BCUT2D eigenvalue weighted by atomic mass is 35.5. The molecule has 0 saturated carbocycles. The second-order valence-corrected chi connectivity index (χ2v) is 7.17. The summed E-state index contributed by atoms with van der Waals surface area (Å²) in [6, 6.07) is 14.9. The Kier molecular flexibility index (Phi) is 7.04. The molecular weight excluding hydrogens is 392 g/mol. The van der Waals surface area contributed by atoms with E-state index in [1.165, 1.54) is 4.90 Å². The SMILES string of the molecule is O=C1C(=O)N(CCCNCCO)C(c2ccc(Cl)cc2)C1=C(O)c1ccccc1. The van der Waals surface area contributed by atoms with Gasteiger partial charge in [-0.15, -0.1) is 0 Å². The molecule has 0 aromatic heterocycles. The summed E-state index contributed by atoms with van der Waals surface area (Å²) in [5.74, 6) is -1.52. The van der Waals surface area contributed by atoms with Gasteiger partial charge in [0.25, 0.3) is 11.7 Å². The smallest absolute Gasteiger partial charge is 0.295 e. The van der Waals surface area contributed by atoms with Gasteiger partial charge in [0.2, 0.25) is 0 Å². The number of hydrogen-bond donors (Lipinski definition) is 3. The lowest BCUT2D eigenvalue weighted by molar-refractivity contribution is -0.139. The summed E-state index contributed by atoms with van der Waals surface area (Å²) in [6.07, 6.45) is 0.600. The van der Waals surface area contributed by atoms with Crippen molar-refractivity contribution in [3.8, 4) is 0 Å². The van der Waals surface area contributed by atoms with E-state index in [9.17, 15) is 14.7 Å². The van der Waals surface area contributed by atoms with Crippen LogP contribution in [0.4, 0.5) is 0 Å². The van der Waals surface area contributed by atoms with Crippen LogP contribution in [0.15, 0.2) is 60.2 Å². The van der Waals surface area contributed by atoms with Gasteiger partial charge >= 0.3 is 0 Å². The highest BCUT2D eigenvalue weighted by Crippen LogP contribution is 2.39. The maximum absolute atomic E-state index is 12.8. The normalized spacial score (nSPS) is 18.4. The van der Waals surface area contributed by atoms with Crippen molar-refractivity contribution in [3.63, 3.8) is 0 Å². The van der Waals surface area contributed by atoms with Crippen molar-refractivity contribution in [2.24, 2.45) is 0 Å². The number of aliphatic hydroxyl groups is 2. The average molecular weight is 415 g/mol. The maximum atomic E-state index is 12.8. The number of likely N-dealkylation sites (tertiary alicyclic amines) is 1. The van der Waals surface area contributed by atoms with E-state index in [0.717, 1.165) is 0 Å². The van der Waals surface area contributed by atoms with Gasteiger partial charge in [-0.3, -0.25) is 9.59 Å². The monoisotopic (exact) mass is 414 g/mol. The lowest BCUT2D eigenvalue weighted by Crippen LogP contribution is -2.32. The van der Waals surface area contributed by atoms with Crippen molar-refractivity contribution >= 4 is 29.1 Å². The number of carbonyl (C=O) groups excluding carboxylic acids is 2. The van der Waals surface area contributed by atoms with Gasteiger partial charge in [-0.1, -0.05) is 54.1 Å². The van der Waals surface area contributed by atoms with Crippen LogP contribution in [-0.4, -0.2) is 53.0 Å². The Morgan fingerprint density at radius 2 is 1.72 bits per heavy atom. The van der Waals surface area contributed by atoms with Gasteiger partial charge in [0, 0.05) is 23.7 Å². The molecule has 1 saturated heterocycles. The number of benzene rings is 2. The number of halogens is 1. The molecule has 0 spiro atoms. The zero-order valence-electron chi connectivity index (χ0n) is 15.8. The van der Waals surface area contributed by atoms with E-state index in [-0.39, 0.29) is 17.9 Å². The molecular formula is C22H23ClN2O4. The molecule has 2 aromatic rings. The Morgan fingerprint density at radius 1 is 1.03 bits per heavy atom. The number of nitrogens with one attached hydrogen (secondary N) is 1. The minimum Gasteiger partial charge on any atom is -0.507 e. The minimum atomic E-state index is -0.699. The molecule has 152 valence electrons. The summed E-state index contributed by atoms with van der Waals surface area (Å²) in [7, 11) is 0. The van der Waals surface area contributed by atoms with E-state index in [1.54, 1.807) is 48.5 Å². The third kappa shape index (κ3) is 4.67. The molecule has 1 fully saturated rings. The van der Waals surface area contributed by atoms with Crippen LogP contribution in [-0.2, 0) is 9.59 Å². The fourth-order valence-corrected chi connectivity index (χ4v) is 3.56. The van der Waals surface area contributed by atoms with E-state index < -0.39 is 17.7 Å². The van der Waals surface area contributed by atoms with E-state index in [0.29, 0.717) is 42.2 Å². The van der Waals surface area contributed by atoms with E-state index in [1.807, 2.05) is 6.07 Å². The molecule has 2 aromatic carbocycles. The number of amides is 1. The van der Waals surface area contributed by atoms with Gasteiger partial charge in [-0.2, -0.15) is 0 Å². The minimum absolute atomic E-state index is 0.0341. The summed E-state index contributed by atoms with van der Waals surface area (Å²) in [5.41, 5.74) is 1.26. The van der Waals surface area contributed by atoms with Crippen molar-refractivity contribution in [1.29, 1.82) is 0 Å². The maximum Gasteiger partial charge on any atom is 0.295 e. The molecule has 1 heterocycles. The van der Waals surface area contributed by atoms with Gasteiger partial charge in [-0.25, -0.2) is 0 Å². The van der Waals surface area contributed by atoms with Gasteiger partial charge in [0.1, 0.15) is 5.76 Å². The van der Waals surface area contributed by atoms with Crippen LogP contribution in [0, 0.1) is 0 Å². The van der Waals surface area contributed by atoms with Crippen molar-refractivity contribution in [1.82, 2.24) is 10.2 Å². The van der Waals surface area contributed by atoms with Crippen LogP contribution in [0.25, 0.3) is 5.76 Å². The van der Waals surface area contributed by atoms with Crippen molar-refractivity contribution in [2.45, 2.75) is 12.5 Å². The van der Waals surface area contributed by atoms with Gasteiger partial charge in [0.15, 0.2) is 0 Å². The number of hydrogen-bond acceptors (Lipinski definition) is 5. The summed E-state index contributed by atoms with van der Waals surface area (Å²) in [6.45, 7) is 1.43. The number of nitrogens with zero attached hydrogens (tertiary/aromatic N) is 1. The number of Topliss-reactive ketones (excluding diaryl/α,β-unsaturated/α-hetero) is 1. The molecule has 0 aliphatic carbocycles. The molecule has 1 unspecified atom stereocenters. The zero-order valence-corrected chi connectivity index (χ0v) is 16.6. The first-order chi connectivity index (χ1) is 14.0. The Morgan fingerprint density at radius 3 is 2.38 bits per heavy atom. The van der Waals surface area contributed by atoms with Gasteiger partial charge in [0.05, 0.1) is 18.2 Å². The lowest BCUT2D eigenvalue weighted by atomic mass is 9.95. The molecule has 3 N–H and O–H groups in total. The largest absolute Gasteiger partial charge is 0.507 e. The molecule has 6 nitrogen and oxygen atoms in total. The average Bonchev–Trinajstić information content (AvgIpc) is 2.99. The Balaban J connectivity index is 1.98. The third-order valence-corrected chi connectivity index (χ3v) is 5.07. The molecule has 1 amide bonds. The predicted molar refractivity (Wildman–Crippen MR) is 111 cm³/mol. The van der Waals surface area contributed by atoms with Crippen molar-refractivity contribution in [2.75, 3.05) is 26.2 Å². The van der Waals surface area contributed by atoms with Crippen LogP contribution in [0.2, 0.25) is 5.02 Å². The first-order valence-corrected chi connectivity index (χ1v) is 9.83. The van der Waals surface area contributed by atoms with Crippen LogP contribution >= 0.6 is 11.6 Å². The first kappa shape index (κ1) is 21.0. The van der Waals surface area contributed by atoms with Crippen LogP contribution in [0.3, 0.4) is 0 Å². The van der Waals surface area contributed by atoms with Crippen LogP contribution in [0.1, 0.15) is 23.6 Å². The summed E-state index contributed by atoms with van der Waals surface area (Å²) < 4.78 is 0. The standard InChI is InChI=1S/C22H23ClN2O4/c23-17-9-7-15(8-10-17)19-18(20(27)16-5-2-1-3-6-16)21(28)22(29)25(19)13-4-11-24-12-14-26/h1-3,5-10,19,24,26-27H,4,11-14H2. The lowest BCUT2D eigenvalue weighted by Gasteiger charge is -2.25. The number of rotatable bonds is 8. The quantitative estimate of drug-likeness (QED) is 0.267. The molecule has 1 aliphatic rings. The Hall–Kier alpha value is -2.67.